The molecule has 0 fully saturated rings. The van der Waals surface area contributed by atoms with Crippen LogP contribution < -0.4 is 9.46 Å². The van der Waals surface area contributed by atoms with Gasteiger partial charge in [0, 0.05) is 18.4 Å². The number of hydrazone groups is 1. The van der Waals surface area contributed by atoms with Gasteiger partial charge < -0.3 is 9.84 Å². The molecule has 2 aromatic rings. The normalized spacial score (nSPS) is 16.0. The number of hydrogen-bond donors (Lipinski definition) is 2. The number of carboxylic acids is 1. The lowest BCUT2D eigenvalue weighted by Gasteiger charge is -2.22. The SMILES string of the molecule is COc1cccc(C2CC(c3ccccc3NS(C)(=O)=O)=NN2C(=O)CCC(=O)O)c1. The van der Waals surface area contributed by atoms with Crippen LogP contribution in [0.15, 0.2) is 53.6 Å². The number of rotatable bonds is 8. The molecule has 3 rings (SSSR count). The fourth-order valence-electron chi connectivity index (χ4n) is 3.36. The quantitative estimate of drug-likeness (QED) is 0.643. The van der Waals surface area contributed by atoms with Crippen molar-refractivity contribution in [1.82, 2.24) is 5.01 Å². The van der Waals surface area contributed by atoms with E-state index in [1.54, 1.807) is 49.6 Å². The third-order valence-corrected chi connectivity index (χ3v) is 5.32. The van der Waals surface area contributed by atoms with Gasteiger partial charge in [-0.15, -0.1) is 0 Å². The third-order valence-electron chi connectivity index (χ3n) is 4.73. The van der Waals surface area contributed by atoms with Gasteiger partial charge in [-0.25, -0.2) is 13.4 Å². The lowest BCUT2D eigenvalue weighted by atomic mass is 9.97. The molecule has 0 spiro atoms. The van der Waals surface area contributed by atoms with Crippen molar-refractivity contribution in [2.75, 3.05) is 18.1 Å². The molecule has 0 saturated heterocycles. The van der Waals surface area contributed by atoms with Crippen LogP contribution in [0.5, 0.6) is 5.75 Å². The van der Waals surface area contributed by atoms with Crippen LogP contribution in [0.25, 0.3) is 0 Å². The van der Waals surface area contributed by atoms with E-state index in [1.165, 1.54) is 5.01 Å². The summed E-state index contributed by atoms with van der Waals surface area (Å²) in [4.78, 5) is 23.7. The predicted molar refractivity (Wildman–Crippen MR) is 116 cm³/mol. The summed E-state index contributed by atoms with van der Waals surface area (Å²) in [5, 5.41) is 14.7. The zero-order chi connectivity index (χ0) is 22.6. The molecule has 0 saturated carbocycles. The summed E-state index contributed by atoms with van der Waals surface area (Å²) < 4.78 is 31.3. The van der Waals surface area contributed by atoms with Gasteiger partial charge in [0.05, 0.1) is 37.2 Å². The maximum Gasteiger partial charge on any atom is 0.303 e. The van der Waals surface area contributed by atoms with Crippen LogP contribution in [0.3, 0.4) is 0 Å². The monoisotopic (exact) mass is 445 g/mol. The molecule has 1 aliphatic rings. The number of nitrogens with one attached hydrogen (secondary N) is 1. The average molecular weight is 445 g/mol. The largest absolute Gasteiger partial charge is 0.497 e. The molecule has 0 bridgehead atoms. The molecule has 9 nitrogen and oxygen atoms in total. The molecule has 0 aromatic heterocycles. The molecule has 1 heterocycles. The number of methoxy groups -OCH3 is 1. The second-order valence-electron chi connectivity index (χ2n) is 7.10. The lowest BCUT2D eigenvalue weighted by molar-refractivity contribution is -0.141. The molecule has 1 aliphatic heterocycles. The Balaban J connectivity index is 2.00. The van der Waals surface area contributed by atoms with Crippen molar-refractivity contribution in [1.29, 1.82) is 0 Å². The van der Waals surface area contributed by atoms with Crippen LogP contribution in [-0.4, -0.2) is 49.5 Å². The molecule has 0 radical (unpaired) electrons. The maximum absolute atomic E-state index is 12.8. The number of benzene rings is 2. The van der Waals surface area contributed by atoms with E-state index in [2.05, 4.69) is 9.82 Å². The molecular weight excluding hydrogens is 422 g/mol. The van der Waals surface area contributed by atoms with E-state index in [4.69, 9.17) is 9.84 Å². The minimum absolute atomic E-state index is 0.199. The first-order chi connectivity index (χ1) is 14.7. The molecule has 2 N–H and O–H groups in total. The fraction of sp³-hybridized carbons (Fsp3) is 0.286. The maximum atomic E-state index is 12.8. The second-order valence-corrected chi connectivity index (χ2v) is 8.84. The van der Waals surface area contributed by atoms with Gasteiger partial charge in [-0.05, 0) is 23.8 Å². The van der Waals surface area contributed by atoms with Gasteiger partial charge in [0.1, 0.15) is 5.75 Å². The number of nitrogens with zero attached hydrogens (tertiary/aromatic N) is 2. The number of amides is 1. The number of hydrogen-bond acceptors (Lipinski definition) is 6. The Hall–Kier alpha value is -3.40. The van der Waals surface area contributed by atoms with Gasteiger partial charge in [-0.2, -0.15) is 5.10 Å². The van der Waals surface area contributed by atoms with E-state index in [-0.39, 0.29) is 12.8 Å². The van der Waals surface area contributed by atoms with Crippen LogP contribution in [0.2, 0.25) is 0 Å². The van der Waals surface area contributed by atoms with Crippen molar-refractivity contribution in [2.24, 2.45) is 5.10 Å². The molecule has 31 heavy (non-hydrogen) atoms. The molecule has 1 amide bonds. The van der Waals surface area contributed by atoms with Crippen molar-refractivity contribution in [2.45, 2.75) is 25.3 Å². The third kappa shape index (κ3) is 5.60. The molecular formula is C21H23N3O6S. The first-order valence-electron chi connectivity index (χ1n) is 9.50. The van der Waals surface area contributed by atoms with E-state index in [0.29, 0.717) is 29.1 Å². The minimum atomic E-state index is -3.52. The average Bonchev–Trinajstić information content (AvgIpc) is 3.16. The summed E-state index contributed by atoms with van der Waals surface area (Å²) >= 11 is 0. The van der Waals surface area contributed by atoms with Crippen LogP contribution >= 0.6 is 0 Å². The molecule has 10 heteroatoms. The number of para-hydroxylation sites is 1. The molecule has 0 aliphatic carbocycles. The number of anilines is 1. The van der Waals surface area contributed by atoms with Crippen LogP contribution in [0.1, 0.15) is 36.4 Å². The Morgan fingerprint density at radius 1 is 1.19 bits per heavy atom. The molecule has 1 unspecified atom stereocenters. The predicted octanol–water partition coefficient (Wildman–Crippen LogP) is 2.61. The van der Waals surface area contributed by atoms with Gasteiger partial charge in [0.2, 0.25) is 15.9 Å². The smallest absolute Gasteiger partial charge is 0.303 e. The van der Waals surface area contributed by atoms with Crippen molar-refractivity contribution in [3.8, 4) is 5.75 Å². The van der Waals surface area contributed by atoms with Crippen LogP contribution in [-0.2, 0) is 19.6 Å². The van der Waals surface area contributed by atoms with E-state index in [9.17, 15) is 18.0 Å². The highest BCUT2D eigenvalue weighted by atomic mass is 32.2. The lowest BCUT2D eigenvalue weighted by Crippen LogP contribution is -2.27. The van der Waals surface area contributed by atoms with Gasteiger partial charge >= 0.3 is 5.97 Å². The van der Waals surface area contributed by atoms with E-state index < -0.39 is 27.9 Å². The number of carbonyl (C=O) groups excluding carboxylic acids is 1. The van der Waals surface area contributed by atoms with E-state index in [1.807, 2.05) is 6.07 Å². The summed E-state index contributed by atoms with van der Waals surface area (Å²) in [6, 6.07) is 13.5. The molecule has 164 valence electrons. The summed E-state index contributed by atoms with van der Waals surface area (Å²) in [5.74, 6) is -0.890. The summed E-state index contributed by atoms with van der Waals surface area (Å²) in [6.07, 6.45) is 0.877. The fourth-order valence-corrected chi connectivity index (χ4v) is 3.94. The number of carboxylic acid groups (broad SMARTS) is 1. The Labute approximate surface area is 180 Å². The molecule has 2 aromatic carbocycles. The first kappa shape index (κ1) is 22.3. The summed E-state index contributed by atoms with van der Waals surface area (Å²) in [7, 11) is -1.98. The van der Waals surface area contributed by atoms with E-state index >= 15 is 0 Å². The minimum Gasteiger partial charge on any atom is -0.497 e. The molecule has 1 atom stereocenters. The zero-order valence-electron chi connectivity index (χ0n) is 17.1. The highest BCUT2D eigenvalue weighted by molar-refractivity contribution is 7.92. The highest BCUT2D eigenvalue weighted by Gasteiger charge is 2.34. The van der Waals surface area contributed by atoms with Gasteiger partial charge in [0.15, 0.2) is 0 Å². The van der Waals surface area contributed by atoms with Crippen molar-refractivity contribution < 1.29 is 27.9 Å². The van der Waals surface area contributed by atoms with Crippen LogP contribution in [0, 0.1) is 0 Å². The Bertz CT molecular complexity index is 1130. The number of sulfonamides is 1. The first-order valence-corrected chi connectivity index (χ1v) is 11.4. The summed E-state index contributed by atoms with van der Waals surface area (Å²) in [6.45, 7) is 0. The topological polar surface area (TPSA) is 125 Å². The van der Waals surface area contributed by atoms with E-state index in [0.717, 1.165) is 11.8 Å². The standard InChI is InChI=1S/C21H23N3O6S/c1-30-15-7-5-6-14(12-15)19-13-18(22-24(19)20(25)10-11-21(26)27)16-8-3-4-9-17(16)23-31(2,28)29/h3-9,12,19,23H,10-11,13H2,1-2H3,(H,26,27). The number of carbonyl (C=O) groups is 2. The Kier molecular flexibility index (Phi) is 6.59. The Morgan fingerprint density at radius 3 is 2.61 bits per heavy atom. The number of ether oxygens (including phenoxy) is 1. The van der Waals surface area contributed by atoms with Gasteiger partial charge in [0.25, 0.3) is 0 Å². The van der Waals surface area contributed by atoms with Gasteiger partial charge in [-0.3, -0.25) is 14.3 Å². The highest BCUT2D eigenvalue weighted by Crippen LogP contribution is 2.36. The second kappa shape index (κ2) is 9.17. The zero-order valence-corrected chi connectivity index (χ0v) is 17.9. The van der Waals surface area contributed by atoms with Crippen molar-refractivity contribution >= 4 is 33.3 Å². The van der Waals surface area contributed by atoms with Crippen molar-refractivity contribution in [3.05, 3.63) is 59.7 Å². The van der Waals surface area contributed by atoms with Crippen molar-refractivity contribution in [3.63, 3.8) is 0 Å². The summed E-state index contributed by atoms with van der Waals surface area (Å²) in [5.41, 5.74) is 2.20. The number of aliphatic carboxylic acids is 1. The van der Waals surface area contributed by atoms with Crippen LogP contribution in [0.4, 0.5) is 5.69 Å². The Morgan fingerprint density at radius 2 is 1.94 bits per heavy atom. The van der Waals surface area contributed by atoms with Gasteiger partial charge in [-0.1, -0.05) is 30.3 Å².